The number of hydrogen-bond donors (Lipinski definition) is 1. The second-order valence-electron chi connectivity index (χ2n) is 4.18. The molecule has 1 heterocycles. The lowest BCUT2D eigenvalue weighted by molar-refractivity contribution is -0.385. The van der Waals surface area contributed by atoms with Gasteiger partial charge in [-0.1, -0.05) is 27.5 Å². The average molecular weight is 357 g/mol. The molecule has 0 aliphatic heterocycles. The Balaban J connectivity index is 2.27. The van der Waals surface area contributed by atoms with Gasteiger partial charge in [-0.3, -0.25) is 10.1 Å². The molecule has 0 amide bonds. The molecular formula is C13H11BrClN3O2. The highest BCUT2D eigenvalue weighted by atomic mass is 79.9. The van der Waals surface area contributed by atoms with Crippen molar-refractivity contribution >= 4 is 38.9 Å². The van der Waals surface area contributed by atoms with E-state index >= 15 is 0 Å². The predicted molar refractivity (Wildman–Crippen MR) is 82.1 cm³/mol. The van der Waals surface area contributed by atoms with Gasteiger partial charge in [-0.25, -0.2) is 4.98 Å². The lowest BCUT2D eigenvalue weighted by Crippen LogP contribution is -2.05. The number of halogens is 2. The third-order valence-electron chi connectivity index (χ3n) is 2.81. The molecule has 0 unspecified atom stereocenters. The van der Waals surface area contributed by atoms with E-state index in [2.05, 4.69) is 26.2 Å². The van der Waals surface area contributed by atoms with Crippen molar-refractivity contribution in [1.82, 2.24) is 4.98 Å². The average Bonchev–Trinajstić information content (AvgIpc) is 2.37. The molecule has 1 aromatic heterocycles. The molecule has 0 aliphatic carbocycles. The number of rotatable bonds is 4. The van der Waals surface area contributed by atoms with E-state index in [1.165, 1.54) is 6.07 Å². The number of anilines is 1. The van der Waals surface area contributed by atoms with Crippen LogP contribution in [0.1, 0.15) is 11.1 Å². The van der Waals surface area contributed by atoms with Gasteiger partial charge in [-0.05, 0) is 30.7 Å². The van der Waals surface area contributed by atoms with Crippen LogP contribution in [0.2, 0.25) is 5.15 Å². The maximum Gasteiger partial charge on any atom is 0.274 e. The maximum absolute atomic E-state index is 11.0. The fourth-order valence-electron chi connectivity index (χ4n) is 1.79. The molecule has 1 N–H and O–H groups in total. The van der Waals surface area contributed by atoms with Crippen LogP contribution in [-0.4, -0.2) is 9.91 Å². The molecule has 0 spiro atoms. The summed E-state index contributed by atoms with van der Waals surface area (Å²) in [7, 11) is 0. The number of pyridine rings is 1. The molecule has 2 aromatic rings. The van der Waals surface area contributed by atoms with Crippen LogP contribution in [0.5, 0.6) is 0 Å². The molecule has 0 radical (unpaired) electrons. The van der Waals surface area contributed by atoms with E-state index in [0.29, 0.717) is 22.9 Å². The van der Waals surface area contributed by atoms with Gasteiger partial charge >= 0.3 is 0 Å². The van der Waals surface area contributed by atoms with E-state index in [4.69, 9.17) is 11.6 Å². The Bertz CT molecular complexity index is 644. The minimum absolute atomic E-state index is 0.0679. The van der Waals surface area contributed by atoms with Crippen molar-refractivity contribution in [3.8, 4) is 0 Å². The van der Waals surface area contributed by atoms with Crippen molar-refractivity contribution in [2.75, 3.05) is 5.32 Å². The molecule has 0 saturated heterocycles. The Hall–Kier alpha value is -1.66. The minimum Gasteiger partial charge on any atom is -0.378 e. The summed E-state index contributed by atoms with van der Waals surface area (Å²) in [6.45, 7) is 2.19. The van der Waals surface area contributed by atoms with Crippen molar-refractivity contribution in [3.63, 3.8) is 0 Å². The highest BCUT2D eigenvalue weighted by molar-refractivity contribution is 9.10. The first kappa shape index (κ1) is 14.7. The summed E-state index contributed by atoms with van der Waals surface area (Å²) in [4.78, 5) is 14.6. The van der Waals surface area contributed by atoms with Crippen molar-refractivity contribution in [2.24, 2.45) is 0 Å². The Labute approximate surface area is 129 Å². The third-order valence-corrected chi connectivity index (χ3v) is 3.59. The molecular weight excluding hydrogens is 346 g/mol. The monoisotopic (exact) mass is 355 g/mol. The topological polar surface area (TPSA) is 68.1 Å². The number of nitro groups is 1. The van der Waals surface area contributed by atoms with Crippen molar-refractivity contribution < 1.29 is 4.92 Å². The van der Waals surface area contributed by atoms with Crippen molar-refractivity contribution in [2.45, 2.75) is 13.5 Å². The standard InChI is InChI=1S/C13H11BrClN3O2/c1-8-4-5-16-13(15)12(8)17-7-9-6-10(14)2-3-11(9)18(19)20/h2-6,17H,7H2,1H3. The van der Waals surface area contributed by atoms with E-state index in [9.17, 15) is 10.1 Å². The lowest BCUT2D eigenvalue weighted by atomic mass is 10.1. The van der Waals surface area contributed by atoms with Gasteiger partial charge in [-0.15, -0.1) is 0 Å². The van der Waals surface area contributed by atoms with Gasteiger partial charge in [0.25, 0.3) is 5.69 Å². The van der Waals surface area contributed by atoms with Gasteiger partial charge in [0.2, 0.25) is 0 Å². The summed E-state index contributed by atoms with van der Waals surface area (Å²) in [6, 6.07) is 6.65. The van der Waals surface area contributed by atoms with Gasteiger partial charge in [0, 0.05) is 28.8 Å². The van der Waals surface area contributed by atoms with Crippen LogP contribution in [0.4, 0.5) is 11.4 Å². The van der Waals surface area contributed by atoms with Gasteiger partial charge in [0.1, 0.15) is 0 Å². The van der Waals surface area contributed by atoms with Crippen LogP contribution in [0.3, 0.4) is 0 Å². The van der Waals surface area contributed by atoms with Gasteiger partial charge in [0.15, 0.2) is 5.15 Å². The summed E-state index contributed by atoms with van der Waals surface area (Å²) in [5.74, 6) is 0. The summed E-state index contributed by atoms with van der Waals surface area (Å²) >= 11 is 9.32. The number of aromatic nitrogens is 1. The molecule has 0 bridgehead atoms. The van der Waals surface area contributed by atoms with Crippen LogP contribution in [0.25, 0.3) is 0 Å². The van der Waals surface area contributed by atoms with Crippen molar-refractivity contribution in [1.29, 1.82) is 0 Å². The molecule has 1 aromatic carbocycles. The maximum atomic E-state index is 11.0. The molecule has 0 aliphatic rings. The van der Waals surface area contributed by atoms with E-state index in [1.807, 2.05) is 13.0 Å². The van der Waals surface area contributed by atoms with Crippen LogP contribution < -0.4 is 5.32 Å². The number of nitrogens with zero attached hydrogens (tertiary/aromatic N) is 2. The molecule has 0 atom stereocenters. The molecule has 5 nitrogen and oxygen atoms in total. The lowest BCUT2D eigenvalue weighted by Gasteiger charge is -2.11. The molecule has 0 fully saturated rings. The van der Waals surface area contributed by atoms with Gasteiger partial charge in [0.05, 0.1) is 10.6 Å². The van der Waals surface area contributed by atoms with Crippen LogP contribution >= 0.6 is 27.5 Å². The summed E-state index contributed by atoms with van der Waals surface area (Å²) in [6.07, 6.45) is 1.62. The number of nitro benzene ring substituents is 1. The van der Waals surface area contributed by atoms with Gasteiger partial charge < -0.3 is 5.32 Å². The van der Waals surface area contributed by atoms with Crippen LogP contribution in [-0.2, 0) is 6.54 Å². The fourth-order valence-corrected chi connectivity index (χ4v) is 2.48. The fraction of sp³-hybridized carbons (Fsp3) is 0.154. The number of benzene rings is 1. The van der Waals surface area contributed by atoms with Crippen LogP contribution in [0.15, 0.2) is 34.9 Å². The SMILES string of the molecule is Cc1ccnc(Cl)c1NCc1cc(Br)ccc1[N+](=O)[O-]. The highest BCUT2D eigenvalue weighted by Gasteiger charge is 2.14. The second kappa shape index (κ2) is 6.19. The quantitative estimate of drug-likeness (QED) is 0.503. The molecule has 7 heteroatoms. The molecule has 20 heavy (non-hydrogen) atoms. The zero-order valence-electron chi connectivity index (χ0n) is 10.6. The smallest absolute Gasteiger partial charge is 0.274 e. The first-order valence-electron chi connectivity index (χ1n) is 5.77. The van der Waals surface area contributed by atoms with Crippen LogP contribution in [0, 0.1) is 17.0 Å². The first-order chi connectivity index (χ1) is 9.49. The summed E-state index contributed by atoms with van der Waals surface area (Å²) in [5.41, 5.74) is 2.26. The predicted octanol–water partition coefficient (Wildman–Crippen LogP) is 4.33. The van der Waals surface area contributed by atoms with Gasteiger partial charge in [-0.2, -0.15) is 0 Å². The Morgan fingerprint density at radius 2 is 2.20 bits per heavy atom. The summed E-state index contributed by atoms with van der Waals surface area (Å²) in [5, 5.41) is 14.5. The molecule has 2 rings (SSSR count). The van der Waals surface area contributed by atoms with E-state index < -0.39 is 4.92 Å². The normalized spacial score (nSPS) is 10.3. The first-order valence-corrected chi connectivity index (χ1v) is 6.94. The number of nitrogens with one attached hydrogen (secondary N) is 1. The summed E-state index contributed by atoms with van der Waals surface area (Å²) < 4.78 is 0.786. The van der Waals surface area contributed by atoms with Crippen molar-refractivity contribution in [3.05, 3.63) is 61.3 Å². The Kier molecular flexibility index (Phi) is 4.57. The third kappa shape index (κ3) is 3.26. The highest BCUT2D eigenvalue weighted by Crippen LogP contribution is 2.27. The zero-order chi connectivity index (χ0) is 14.7. The van der Waals surface area contributed by atoms with E-state index in [-0.39, 0.29) is 5.69 Å². The second-order valence-corrected chi connectivity index (χ2v) is 5.45. The Morgan fingerprint density at radius 3 is 2.85 bits per heavy atom. The van der Waals surface area contributed by atoms with E-state index in [1.54, 1.807) is 18.3 Å². The minimum atomic E-state index is -0.402. The zero-order valence-corrected chi connectivity index (χ0v) is 12.9. The number of aryl methyl sites for hydroxylation is 1. The molecule has 0 saturated carbocycles. The molecule has 104 valence electrons. The van der Waals surface area contributed by atoms with E-state index in [0.717, 1.165) is 10.0 Å². The largest absolute Gasteiger partial charge is 0.378 e. The number of hydrogen-bond acceptors (Lipinski definition) is 4. The Morgan fingerprint density at radius 1 is 1.45 bits per heavy atom.